The normalized spacial score (nSPS) is 10.4. The molecule has 1 aromatic heterocycles. The van der Waals surface area contributed by atoms with E-state index < -0.39 is 0 Å². The number of halogens is 1. The molecule has 0 fully saturated rings. The van der Waals surface area contributed by atoms with E-state index in [-0.39, 0.29) is 0 Å². The molecule has 16 heavy (non-hydrogen) atoms. The molecule has 0 aliphatic heterocycles. The van der Waals surface area contributed by atoms with Gasteiger partial charge in [0, 0.05) is 22.8 Å². The van der Waals surface area contributed by atoms with Gasteiger partial charge in [-0.2, -0.15) is 11.3 Å². The van der Waals surface area contributed by atoms with Gasteiger partial charge in [-0.15, -0.1) is 0 Å². The zero-order valence-electron chi connectivity index (χ0n) is 8.98. The first-order chi connectivity index (χ1) is 7.66. The number of anilines is 2. The summed E-state index contributed by atoms with van der Waals surface area (Å²) in [6, 6.07) is 8.18. The number of benzene rings is 1. The van der Waals surface area contributed by atoms with Gasteiger partial charge in [0.05, 0.1) is 5.69 Å². The summed E-state index contributed by atoms with van der Waals surface area (Å²) in [4.78, 5) is 2.24. The molecule has 0 atom stereocenters. The van der Waals surface area contributed by atoms with Crippen molar-refractivity contribution in [1.82, 2.24) is 0 Å². The fourth-order valence-electron chi connectivity index (χ4n) is 1.57. The number of nitrogens with two attached hydrogens (primary N) is 1. The molecule has 0 spiro atoms. The number of nitrogen functional groups attached to an aromatic ring is 1. The largest absolute Gasteiger partial charge is 0.399 e. The molecule has 4 heteroatoms. The molecule has 0 radical (unpaired) electrons. The quantitative estimate of drug-likeness (QED) is 0.681. The summed E-state index contributed by atoms with van der Waals surface area (Å²) in [5.41, 5.74) is 9.13. The second kappa shape index (κ2) is 5.05. The Kier molecular flexibility index (Phi) is 3.70. The van der Waals surface area contributed by atoms with Crippen molar-refractivity contribution in [2.24, 2.45) is 0 Å². The van der Waals surface area contributed by atoms with Crippen molar-refractivity contribution >= 4 is 45.3 Å². The zero-order chi connectivity index (χ0) is 11.5. The third-order valence-electron chi connectivity index (χ3n) is 2.38. The topological polar surface area (TPSA) is 29.3 Å². The maximum Gasteiger partial charge on any atom is 0.0503 e. The van der Waals surface area contributed by atoms with Crippen LogP contribution in [-0.2, 0) is 6.54 Å². The minimum absolute atomic E-state index is 0.817. The third-order valence-corrected chi connectivity index (χ3v) is 3.98. The van der Waals surface area contributed by atoms with Gasteiger partial charge in [0.1, 0.15) is 0 Å². The molecule has 0 aliphatic carbocycles. The lowest BCUT2D eigenvalue weighted by atomic mass is 10.2. The van der Waals surface area contributed by atoms with Crippen LogP contribution in [0.3, 0.4) is 0 Å². The standard InChI is InChI=1S/C12H13IN2S/c1-15(7-9-4-5-16-8-9)12-3-2-10(14)6-11(12)13/h2-6,8H,7,14H2,1H3. The second-order valence-corrected chi connectivity index (χ2v) is 5.64. The molecule has 0 bridgehead atoms. The summed E-state index contributed by atoms with van der Waals surface area (Å²) >= 11 is 4.06. The van der Waals surface area contributed by atoms with Gasteiger partial charge in [-0.3, -0.25) is 0 Å². The Bertz CT molecular complexity index is 468. The van der Waals surface area contributed by atoms with Crippen LogP contribution in [0.25, 0.3) is 0 Å². The van der Waals surface area contributed by atoms with E-state index in [1.54, 1.807) is 11.3 Å². The number of rotatable bonds is 3. The molecular weight excluding hydrogens is 331 g/mol. The van der Waals surface area contributed by atoms with Gasteiger partial charge in [0.15, 0.2) is 0 Å². The van der Waals surface area contributed by atoms with Crippen LogP contribution in [0.15, 0.2) is 35.0 Å². The lowest BCUT2D eigenvalue weighted by molar-refractivity contribution is 0.924. The zero-order valence-corrected chi connectivity index (χ0v) is 12.0. The average Bonchev–Trinajstić information content (AvgIpc) is 2.70. The fraction of sp³-hybridized carbons (Fsp3) is 0.167. The highest BCUT2D eigenvalue weighted by molar-refractivity contribution is 14.1. The molecule has 1 heterocycles. The van der Waals surface area contributed by atoms with E-state index in [0.717, 1.165) is 12.2 Å². The van der Waals surface area contributed by atoms with E-state index in [2.05, 4.69) is 57.4 Å². The van der Waals surface area contributed by atoms with Crippen LogP contribution in [0.2, 0.25) is 0 Å². The highest BCUT2D eigenvalue weighted by atomic mass is 127. The van der Waals surface area contributed by atoms with Crippen molar-refractivity contribution in [1.29, 1.82) is 0 Å². The average molecular weight is 344 g/mol. The van der Waals surface area contributed by atoms with Gasteiger partial charge in [-0.25, -0.2) is 0 Å². The molecule has 0 saturated heterocycles. The molecule has 2 aromatic rings. The summed E-state index contributed by atoms with van der Waals surface area (Å²) in [6.45, 7) is 0.934. The summed E-state index contributed by atoms with van der Waals surface area (Å²) in [5, 5.41) is 4.29. The van der Waals surface area contributed by atoms with Gasteiger partial charge < -0.3 is 10.6 Å². The van der Waals surface area contributed by atoms with Crippen molar-refractivity contribution in [3.63, 3.8) is 0 Å². The number of nitrogens with zero attached hydrogens (tertiary/aromatic N) is 1. The van der Waals surface area contributed by atoms with E-state index in [1.807, 2.05) is 12.1 Å². The van der Waals surface area contributed by atoms with Crippen LogP contribution in [0.5, 0.6) is 0 Å². The van der Waals surface area contributed by atoms with Gasteiger partial charge in [0.25, 0.3) is 0 Å². The Morgan fingerprint density at radius 2 is 2.19 bits per heavy atom. The van der Waals surface area contributed by atoms with Crippen molar-refractivity contribution in [2.45, 2.75) is 6.54 Å². The van der Waals surface area contributed by atoms with Crippen LogP contribution in [-0.4, -0.2) is 7.05 Å². The van der Waals surface area contributed by atoms with Gasteiger partial charge >= 0.3 is 0 Å². The SMILES string of the molecule is CN(Cc1ccsc1)c1ccc(N)cc1I. The summed E-state index contributed by atoms with van der Waals surface area (Å²) in [6.07, 6.45) is 0. The molecule has 0 unspecified atom stereocenters. The third kappa shape index (κ3) is 2.68. The van der Waals surface area contributed by atoms with Gasteiger partial charge in [0.2, 0.25) is 0 Å². The lowest BCUT2D eigenvalue weighted by Crippen LogP contribution is -2.17. The molecule has 1 aromatic carbocycles. The predicted octanol–water partition coefficient (Wildman–Crippen LogP) is 3.57. The fourth-order valence-corrected chi connectivity index (χ4v) is 3.19. The maximum atomic E-state index is 5.74. The molecule has 2 nitrogen and oxygen atoms in total. The van der Waals surface area contributed by atoms with E-state index in [1.165, 1.54) is 14.8 Å². The molecule has 84 valence electrons. The Labute approximate surface area is 113 Å². The minimum atomic E-state index is 0.817. The van der Waals surface area contributed by atoms with Crippen molar-refractivity contribution in [3.05, 3.63) is 44.2 Å². The lowest BCUT2D eigenvalue weighted by Gasteiger charge is -2.20. The van der Waals surface area contributed by atoms with Crippen molar-refractivity contribution in [3.8, 4) is 0 Å². The van der Waals surface area contributed by atoms with Crippen LogP contribution in [0, 0.1) is 3.57 Å². The number of thiophene rings is 1. The van der Waals surface area contributed by atoms with Crippen LogP contribution < -0.4 is 10.6 Å². The van der Waals surface area contributed by atoms with Crippen LogP contribution >= 0.6 is 33.9 Å². The molecule has 0 saturated carbocycles. The molecule has 2 N–H and O–H groups in total. The highest BCUT2D eigenvalue weighted by Crippen LogP contribution is 2.25. The Balaban J connectivity index is 2.17. The number of hydrogen-bond donors (Lipinski definition) is 1. The highest BCUT2D eigenvalue weighted by Gasteiger charge is 2.06. The van der Waals surface area contributed by atoms with Crippen molar-refractivity contribution in [2.75, 3.05) is 17.7 Å². The Morgan fingerprint density at radius 3 is 2.81 bits per heavy atom. The van der Waals surface area contributed by atoms with E-state index >= 15 is 0 Å². The molecule has 0 amide bonds. The van der Waals surface area contributed by atoms with Crippen molar-refractivity contribution < 1.29 is 0 Å². The van der Waals surface area contributed by atoms with E-state index in [0.29, 0.717) is 0 Å². The molecule has 0 aliphatic rings. The summed E-state index contributed by atoms with van der Waals surface area (Å²) < 4.78 is 1.19. The Morgan fingerprint density at radius 1 is 1.38 bits per heavy atom. The first-order valence-electron chi connectivity index (χ1n) is 4.94. The second-order valence-electron chi connectivity index (χ2n) is 3.70. The predicted molar refractivity (Wildman–Crippen MR) is 80.0 cm³/mol. The van der Waals surface area contributed by atoms with Crippen LogP contribution in [0.1, 0.15) is 5.56 Å². The van der Waals surface area contributed by atoms with E-state index in [4.69, 9.17) is 5.73 Å². The van der Waals surface area contributed by atoms with Crippen LogP contribution in [0.4, 0.5) is 11.4 Å². The van der Waals surface area contributed by atoms with Gasteiger partial charge in [-0.05, 0) is 63.2 Å². The minimum Gasteiger partial charge on any atom is -0.399 e. The van der Waals surface area contributed by atoms with Gasteiger partial charge in [-0.1, -0.05) is 0 Å². The van der Waals surface area contributed by atoms with E-state index in [9.17, 15) is 0 Å². The first-order valence-corrected chi connectivity index (χ1v) is 6.96. The maximum absolute atomic E-state index is 5.74. The number of hydrogen-bond acceptors (Lipinski definition) is 3. The monoisotopic (exact) mass is 344 g/mol. The molecular formula is C12H13IN2S. The molecule has 2 rings (SSSR count). The first kappa shape index (κ1) is 11.7. The summed E-state index contributed by atoms with van der Waals surface area (Å²) in [7, 11) is 2.10. The Hall–Kier alpha value is -0.750. The summed E-state index contributed by atoms with van der Waals surface area (Å²) in [5.74, 6) is 0. The smallest absolute Gasteiger partial charge is 0.0503 e.